The van der Waals surface area contributed by atoms with Crippen LogP contribution < -0.4 is 10.2 Å². The number of nitrogens with zero attached hydrogens (tertiary/aromatic N) is 7. The molecule has 3 aromatic rings. The highest BCUT2D eigenvalue weighted by molar-refractivity contribution is 5.76. The van der Waals surface area contributed by atoms with Crippen LogP contribution in [-0.4, -0.2) is 88.4 Å². The minimum Gasteiger partial charge on any atom is -0.356 e. The van der Waals surface area contributed by atoms with E-state index >= 15 is 0 Å². The maximum absolute atomic E-state index is 12.6. The summed E-state index contributed by atoms with van der Waals surface area (Å²) < 4.78 is 1.79. The van der Waals surface area contributed by atoms with Gasteiger partial charge in [-0.3, -0.25) is 9.69 Å². The summed E-state index contributed by atoms with van der Waals surface area (Å²) in [7, 11) is 2.14. The van der Waals surface area contributed by atoms with E-state index in [1.165, 1.54) is 5.56 Å². The predicted molar refractivity (Wildman–Crippen MR) is 136 cm³/mol. The van der Waals surface area contributed by atoms with E-state index in [2.05, 4.69) is 74.5 Å². The number of likely N-dealkylation sites (tertiary alicyclic amines) is 1. The molecule has 0 aliphatic carbocycles. The summed E-state index contributed by atoms with van der Waals surface area (Å²) in [6.07, 6.45) is 2.03. The van der Waals surface area contributed by atoms with Crippen molar-refractivity contribution in [1.82, 2.24) is 34.9 Å². The van der Waals surface area contributed by atoms with E-state index in [9.17, 15) is 4.79 Å². The van der Waals surface area contributed by atoms with Crippen molar-refractivity contribution in [3.8, 4) is 0 Å². The number of benzene rings is 1. The molecule has 35 heavy (non-hydrogen) atoms. The molecule has 2 saturated heterocycles. The van der Waals surface area contributed by atoms with Gasteiger partial charge in [-0.1, -0.05) is 30.3 Å². The van der Waals surface area contributed by atoms with E-state index in [0.29, 0.717) is 24.8 Å². The van der Waals surface area contributed by atoms with Crippen LogP contribution in [0.2, 0.25) is 0 Å². The van der Waals surface area contributed by atoms with Crippen molar-refractivity contribution in [2.75, 3.05) is 57.8 Å². The fourth-order valence-electron chi connectivity index (χ4n) is 5.08. The molecular weight excluding hydrogens is 440 g/mol. The number of carbonyl (C=O) groups is 1. The van der Waals surface area contributed by atoms with Gasteiger partial charge in [0.15, 0.2) is 11.5 Å². The lowest BCUT2D eigenvalue weighted by atomic mass is 10.1. The van der Waals surface area contributed by atoms with E-state index in [0.717, 1.165) is 69.5 Å². The number of hydrogen-bond acceptors (Lipinski definition) is 7. The first kappa shape index (κ1) is 23.7. The number of anilines is 1. The largest absolute Gasteiger partial charge is 0.356 e. The first-order valence-electron chi connectivity index (χ1n) is 12.8. The molecule has 4 heterocycles. The van der Waals surface area contributed by atoms with Gasteiger partial charge in [-0.05, 0) is 50.6 Å². The van der Waals surface area contributed by atoms with Crippen molar-refractivity contribution >= 4 is 17.4 Å². The second-order valence-corrected chi connectivity index (χ2v) is 9.91. The molecule has 2 aliphatic heterocycles. The van der Waals surface area contributed by atoms with Crippen LogP contribution in [0, 0.1) is 5.92 Å². The fourth-order valence-corrected chi connectivity index (χ4v) is 5.08. The third-order valence-corrected chi connectivity index (χ3v) is 7.45. The van der Waals surface area contributed by atoms with Crippen molar-refractivity contribution in [3.63, 3.8) is 0 Å². The smallest absolute Gasteiger partial charge is 0.220 e. The van der Waals surface area contributed by atoms with Gasteiger partial charge in [0.05, 0.1) is 0 Å². The van der Waals surface area contributed by atoms with E-state index in [-0.39, 0.29) is 5.91 Å². The molecule has 0 radical (unpaired) electrons. The zero-order valence-electron chi connectivity index (χ0n) is 20.8. The molecular formula is C26H36N8O. The SMILES string of the molecule is CC(c1ccccc1)N1CCC(CNC(=O)CCc2nnc3ccc(N4CCN(C)CC4)nn23)C1. The highest BCUT2D eigenvalue weighted by atomic mass is 16.1. The van der Waals surface area contributed by atoms with Crippen molar-refractivity contribution in [1.29, 1.82) is 0 Å². The molecule has 5 rings (SSSR count). The maximum atomic E-state index is 12.6. The molecule has 2 aromatic heterocycles. The maximum Gasteiger partial charge on any atom is 0.220 e. The number of fused-ring (bicyclic) bond motifs is 1. The highest BCUT2D eigenvalue weighted by Crippen LogP contribution is 2.27. The first-order chi connectivity index (χ1) is 17.1. The molecule has 9 nitrogen and oxygen atoms in total. The Morgan fingerprint density at radius 1 is 1.06 bits per heavy atom. The number of piperazine rings is 1. The summed E-state index contributed by atoms with van der Waals surface area (Å²) in [6.45, 7) is 9.05. The second-order valence-electron chi connectivity index (χ2n) is 9.91. The van der Waals surface area contributed by atoms with Gasteiger partial charge in [0, 0.05) is 58.2 Å². The lowest BCUT2D eigenvalue weighted by Crippen LogP contribution is -2.45. The Labute approximate surface area is 207 Å². The average molecular weight is 477 g/mol. The molecule has 9 heteroatoms. The van der Waals surface area contributed by atoms with E-state index in [1.54, 1.807) is 4.52 Å². The fraction of sp³-hybridized carbons (Fsp3) is 0.538. The number of aryl methyl sites for hydroxylation is 1. The normalized spacial score (nSPS) is 20.4. The van der Waals surface area contributed by atoms with Gasteiger partial charge in [-0.2, -0.15) is 4.52 Å². The van der Waals surface area contributed by atoms with Crippen LogP contribution in [0.25, 0.3) is 5.65 Å². The number of aromatic nitrogens is 4. The van der Waals surface area contributed by atoms with Crippen LogP contribution >= 0.6 is 0 Å². The Balaban J connectivity index is 1.10. The van der Waals surface area contributed by atoms with E-state index in [1.807, 2.05) is 12.1 Å². The van der Waals surface area contributed by atoms with Gasteiger partial charge in [0.25, 0.3) is 0 Å². The van der Waals surface area contributed by atoms with Crippen LogP contribution in [0.1, 0.15) is 37.2 Å². The summed E-state index contributed by atoms with van der Waals surface area (Å²) in [5.41, 5.74) is 2.07. The van der Waals surface area contributed by atoms with Gasteiger partial charge in [0.1, 0.15) is 5.82 Å². The number of amides is 1. The average Bonchev–Trinajstić information content (AvgIpc) is 3.53. The van der Waals surface area contributed by atoms with Crippen LogP contribution in [0.15, 0.2) is 42.5 Å². The van der Waals surface area contributed by atoms with Crippen LogP contribution in [0.4, 0.5) is 5.82 Å². The third kappa shape index (κ3) is 5.62. The van der Waals surface area contributed by atoms with Gasteiger partial charge in [0.2, 0.25) is 5.91 Å². The van der Waals surface area contributed by atoms with Gasteiger partial charge < -0.3 is 15.1 Å². The van der Waals surface area contributed by atoms with Crippen LogP contribution in [0.3, 0.4) is 0 Å². The second kappa shape index (κ2) is 10.7. The van der Waals surface area contributed by atoms with Crippen molar-refractivity contribution in [2.24, 2.45) is 5.92 Å². The molecule has 2 fully saturated rings. The molecule has 2 unspecified atom stereocenters. The van der Waals surface area contributed by atoms with Gasteiger partial charge >= 0.3 is 0 Å². The zero-order chi connectivity index (χ0) is 24.2. The molecule has 0 saturated carbocycles. The number of carbonyl (C=O) groups excluding carboxylic acids is 1. The number of hydrogen-bond donors (Lipinski definition) is 1. The Kier molecular flexibility index (Phi) is 7.24. The molecule has 2 atom stereocenters. The zero-order valence-corrected chi connectivity index (χ0v) is 20.8. The van der Waals surface area contributed by atoms with Crippen LogP contribution in [-0.2, 0) is 11.2 Å². The molecule has 2 aliphatic rings. The monoisotopic (exact) mass is 476 g/mol. The standard InChI is InChI=1S/C26H36N8O/c1-20(22-6-4-3-5-7-22)33-13-12-21(19-33)18-27-26(35)11-10-24-29-28-23-8-9-25(30-34(23)24)32-16-14-31(2)15-17-32/h3-9,20-21H,10-19H2,1-2H3,(H,27,35). The summed E-state index contributed by atoms with van der Waals surface area (Å²) in [6, 6.07) is 15.0. The van der Waals surface area contributed by atoms with E-state index in [4.69, 9.17) is 5.10 Å². The first-order valence-corrected chi connectivity index (χ1v) is 12.8. The molecule has 0 spiro atoms. The topological polar surface area (TPSA) is 81.9 Å². The van der Waals surface area contributed by atoms with Crippen LogP contribution in [0.5, 0.6) is 0 Å². The Hall–Kier alpha value is -3.04. The quantitative estimate of drug-likeness (QED) is 0.533. The Morgan fingerprint density at radius 2 is 1.86 bits per heavy atom. The van der Waals surface area contributed by atoms with E-state index < -0.39 is 0 Å². The Morgan fingerprint density at radius 3 is 2.66 bits per heavy atom. The van der Waals surface area contributed by atoms with Crippen molar-refractivity contribution < 1.29 is 4.79 Å². The number of rotatable bonds is 8. The molecule has 1 aromatic carbocycles. The molecule has 1 N–H and O–H groups in total. The summed E-state index contributed by atoms with van der Waals surface area (Å²) in [4.78, 5) is 19.7. The molecule has 0 bridgehead atoms. The molecule has 1 amide bonds. The Bertz CT molecular complexity index is 1120. The lowest BCUT2D eigenvalue weighted by molar-refractivity contribution is -0.121. The minimum absolute atomic E-state index is 0.0616. The number of nitrogens with one attached hydrogen (secondary N) is 1. The summed E-state index contributed by atoms with van der Waals surface area (Å²) in [5.74, 6) is 2.22. The minimum atomic E-state index is 0.0616. The summed E-state index contributed by atoms with van der Waals surface area (Å²) >= 11 is 0. The van der Waals surface area contributed by atoms with Crippen molar-refractivity contribution in [2.45, 2.75) is 32.2 Å². The number of likely N-dealkylation sites (N-methyl/N-ethyl adjacent to an activating group) is 1. The summed E-state index contributed by atoms with van der Waals surface area (Å²) in [5, 5.41) is 16.5. The highest BCUT2D eigenvalue weighted by Gasteiger charge is 2.27. The van der Waals surface area contributed by atoms with Crippen molar-refractivity contribution in [3.05, 3.63) is 53.9 Å². The lowest BCUT2D eigenvalue weighted by Gasteiger charge is -2.33. The van der Waals surface area contributed by atoms with Gasteiger partial charge in [-0.15, -0.1) is 15.3 Å². The predicted octanol–water partition coefficient (Wildman–Crippen LogP) is 2.01. The third-order valence-electron chi connectivity index (χ3n) is 7.45. The van der Waals surface area contributed by atoms with Gasteiger partial charge in [-0.25, -0.2) is 0 Å². The molecule has 186 valence electrons.